The number of hydrogen-bond acceptors (Lipinski definition) is 3. The molecule has 1 unspecified atom stereocenters. The Morgan fingerprint density at radius 3 is 2.44 bits per heavy atom. The van der Waals surface area contributed by atoms with E-state index in [1.807, 2.05) is 57.2 Å². The molecule has 0 fully saturated rings. The van der Waals surface area contributed by atoms with Crippen molar-refractivity contribution >= 4 is 34.2 Å². The highest BCUT2D eigenvalue weighted by Crippen LogP contribution is 2.24. The number of carbonyl (C=O) groups is 1. The summed E-state index contributed by atoms with van der Waals surface area (Å²) in [7, 11) is 0. The SMILES string of the molecule is CC(NCc1cc(Br)ccc1OCC(=O)NC(C)(C)C)c1ccccc1.Cl. The van der Waals surface area contributed by atoms with E-state index in [1.165, 1.54) is 5.56 Å². The van der Waals surface area contributed by atoms with Crippen LogP contribution in [-0.4, -0.2) is 18.1 Å². The van der Waals surface area contributed by atoms with E-state index in [9.17, 15) is 4.79 Å². The summed E-state index contributed by atoms with van der Waals surface area (Å²) in [5, 5.41) is 6.41. The quantitative estimate of drug-likeness (QED) is 0.616. The molecule has 0 saturated heterocycles. The zero-order valence-corrected chi connectivity index (χ0v) is 18.6. The summed E-state index contributed by atoms with van der Waals surface area (Å²) in [4.78, 5) is 12.0. The first-order valence-corrected chi connectivity index (χ1v) is 9.54. The van der Waals surface area contributed by atoms with Crippen molar-refractivity contribution in [3.05, 3.63) is 64.1 Å². The van der Waals surface area contributed by atoms with Gasteiger partial charge in [-0.2, -0.15) is 0 Å². The molecule has 0 aliphatic carbocycles. The van der Waals surface area contributed by atoms with Crippen LogP contribution in [0.25, 0.3) is 0 Å². The minimum atomic E-state index is -0.268. The Kier molecular flexibility index (Phi) is 9.30. The molecule has 0 radical (unpaired) electrons. The molecule has 148 valence electrons. The van der Waals surface area contributed by atoms with Crippen molar-refractivity contribution in [2.75, 3.05) is 6.61 Å². The molecule has 2 aromatic rings. The number of hydrogen-bond donors (Lipinski definition) is 2. The van der Waals surface area contributed by atoms with Crippen LogP contribution in [0.2, 0.25) is 0 Å². The van der Waals surface area contributed by atoms with E-state index in [0.29, 0.717) is 12.3 Å². The monoisotopic (exact) mass is 454 g/mol. The van der Waals surface area contributed by atoms with Gasteiger partial charge in [0, 0.05) is 28.2 Å². The topological polar surface area (TPSA) is 50.4 Å². The average molecular weight is 456 g/mol. The largest absolute Gasteiger partial charge is 0.483 e. The Morgan fingerprint density at radius 2 is 1.81 bits per heavy atom. The number of nitrogens with one attached hydrogen (secondary N) is 2. The van der Waals surface area contributed by atoms with Crippen molar-refractivity contribution in [2.24, 2.45) is 0 Å². The van der Waals surface area contributed by atoms with E-state index in [2.05, 4.69) is 45.6 Å². The average Bonchev–Trinajstić information content (AvgIpc) is 2.58. The van der Waals surface area contributed by atoms with Gasteiger partial charge in [0.1, 0.15) is 5.75 Å². The molecule has 0 spiro atoms. The molecule has 0 saturated carbocycles. The molecule has 2 aromatic carbocycles. The maximum atomic E-state index is 12.0. The smallest absolute Gasteiger partial charge is 0.258 e. The lowest BCUT2D eigenvalue weighted by Gasteiger charge is -2.21. The molecule has 0 aliphatic heterocycles. The molecule has 27 heavy (non-hydrogen) atoms. The van der Waals surface area contributed by atoms with E-state index in [0.717, 1.165) is 10.0 Å². The maximum absolute atomic E-state index is 12.0. The van der Waals surface area contributed by atoms with Crippen molar-refractivity contribution < 1.29 is 9.53 Å². The molecule has 1 amide bonds. The third-order valence-corrected chi connectivity index (χ3v) is 4.29. The third-order valence-electron chi connectivity index (χ3n) is 3.79. The second-order valence-electron chi connectivity index (χ2n) is 7.35. The minimum absolute atomic E-state index is 0. The van der Waals surface area contributed by atoms with Gasteiger partial charge in [0.05, 0.1) is 0 Å². The van der Waals surface area contributed by atoms with Crippen molar-refractivity contribution in [1.82, 2.24) is 10.6 Å². The minimum Gasteiger partial charge on any atom is -0.483 e. The summed E-state index contributed by atoms with van der Waals surface area (Å²) < 4.78 is 6.74. The maximum Gasteiger partial charge on any atom is 0.258 e. The van der Waals surface area contributed by atoms with Crippen molar-refractivity contribution in [2.45, 2.75) is 45.8 Å². The fourth-order valence-corrected chi connectivity index (χ4v) is 2.96. The van der Waals surface area contributed by atoms with E-state index in [-0.39, 0.29) is 36.5 Å². The predicted octanol–water partition coefficient (Wildman–Crippen LogP) is 5.02. The fourth-order valence-electron chi connectivity index (χ4n) is 2.55. The van der Waals surface area contributed by atoms with Gasteiger partial charge in [0.15, 0.2) is 6.61 Å². The van der Waals surface area contributed by atoms with E-state index in [1.54, 1.807) is 0 Å². The molecule has 4 nitrogen and oxygen atoms in total. The van der Waals surface area contributed by atoms with Gasteiger partial charge < -0.3 is 15.4 Å². The summed E-state index contributed by atoms with van der Waals surface area (Å²) in [5.74, 6) is 0.585. The first kappa shape index (κ1) is 23.5. The van der Waals surface area contributed by atoms with Crippen LogP contribution in [0, 0.1) is 0 Å². The van der Waals surface area contributed by atoms with Gasteiger partial charge in [-0.05, 0) is 51.5 Å². The fraction of sp³-hybridized carbons (Fsp3) is 0.381. The summed E-state index contributed by atoms with van der Waals surface area (Å²) in [6, 6.07) is 16.3. The molecule has 1 atom stereocenters. The van der Waals surface area contributed by atoms with Crippen LogP contribution in [0.5, 0.6) is 5.75 Å². The first-order valence-electron chi connectivity index (χ1n) is 8.75. The molecular formula is C21H28BrClN2O2. The second-order valence-corrected chi connectivity index (χ2v) is 8.27. The van der Waals surface area contributed by atoms with Gasteiger partial charge in [0.25, 0.3) is 5.91 Å². The van der Waals surface area contributed by atoms with E-state index in [4.69, 9.17) is 4.74 Å². The van der Waals surface area contributed by atoms with Crippen LogP contribution in [0.4, 0.5) is 0 Å². The van der Waals surface area contributed by atoms with Gasteiger partial charge in [-0.25, -0.2) is 0 Å². The van der Waals surface area contributed by atoms with Gasteiger partial charge >= 0.3 is 0 Å². The van der Waals surface area contributed by atoms with Crippen molar-refractivity contribution in [1.29, 1.82) is 0 Å². The lowest BCUT2D eigenvalue weighted by Crippen LogP contribution is -2.43. The van der Waals surface area contributed by atoms with Gasteiger partial charge in [0.2, 0.25) is 0 Å². The molecule has 0 heterocycles. The predicted molar refractivity (Wildman–Crippen MR) is 116 cm³/mol. The lowest BCUT2D eigenvalue weighted by molar-refractivity contribution is -0.124. The van der Waals surface area contributed by atoms with Crippen molar-refractivity contribution in [3.8, 4) is 5.75 Å². The number of halogens is 2. The van der Waals surface area contributed by atoms with Crippen LogP contribution < -0.4 is 15.4 Å². The Bertz CT molecular complexity index is 733. The highest BCUT2D eigenvalue weighted by molar-refractivity contribution is 9.10. The molecule has 0 bridgehead atoms. The number of rotatable bonds is 7. The van der Waals surface area contributed by atoms with Gasteiger partial charge in [-0.15, -0.1) is 12.4 Å². The molecule has 6 heteroatoms. The summed E-state index contributed by atoms with van der Waals surface area (Å²) >= 11 is 3.51. The Morgan fingerprint density at radius 1 is 1.15 bits per heavy atom. The molecular weight excluding hydrogens is 428 g/mol. The Hall–Kier alpha value is -1.56. The van der Waals surface area contributed by atoms with Crippen LogP contribution in [0.1, 0.15) is 44.9 Å². The third kappa shape index (κ3) is 8.33. The number of amides is 1. The van der Waals surface area contributed by atoms with E-state index < -0.39 is 0 Å². The zero-order valence-electron chi connectivity index (χ0n) is 16.2. The Balaban J connectivity index is 0.00000364. The van der Waals surface area contributed by atoms with Crippen LogP contribution in [-0.2, 0) is 11.3 Å². The zero-order chi connectivity index (χ0) is 19.2. The Labute approximate surface area is 176 Å². The van der Waals surface area contributed by atoms with Gasteiger partial charge in [-0.3, -0.25) is 4.79 Å². The highest BCUT2D eigenvalue weighted by Gasteiger charge is 2.15. The van der Waals surface area contributed by atoms with Crippen LogP contribution >= 0.6 is 28.3 Å². The molecule has 2 rings (SSSR count). The molecule has 2 N–H and O–H groups in total. The first-order chi connectivity index (χ1) is 12.2. The standard InChI is InChI=1S/C21H27BrN2O2.ClH/c1-15(16-8-6-5-7-9-16)23-13-17-12-18(22)10-11-19(17)26-14-20(25)24-21(2,3)4;/h5-12,15,23H,13-14H2,1-4H3,(H,24,25);1H. The molecule has 0 aromatic heterocycles. The van der Waals surface area contributed by atoms with E-state index >= 15 is 0 Å². The van der Waals surface area contributed by atoms with Crippen molar-refractivity contribution in [3.63, 3.8) is 0 Å². The summed E-state index contributed by atoms with van der Waals surface area (Å²) in [6.45, 7) is 8.62. The van der Waals surface area contributed by atoms with Crippen LogP contribution in [0.15, 0.2) is 53.0 Å². The number of carbonyl (C=O) groups excluding carboxylic acids is 1. The second kappa shape index (κ2) is 10.7. The lowest BCUT2D eigenvalue weighted by atomic mass is 10.1. The summed E-state index contributed by atoms with van der Waals surface area (Å²) in [5.41, 5.74) is 1.97. The van der Waals surface area contributed by atoms with Crippen LogP contribution in [0.3, 0.4) is 0 Å². The highest BCUT2D eigenvalue weighted by atomic mass is 79.9. The number of benzene rings is 2. The molecule has 0 aliphatic rings. The normalized spacial score (nSPS) is 12.0. The van der Waals surface area contributed by atoms with Gasteiger partial charge in [-0.1, -0.05) is 46.3 Å². The summed E-state index contributed by atoms with van der Waals surface area (Å²) in [6.07, 6.45) is 0. The number of ether oxygens (including phenoxy) is 1.